The van der Waals surface area contributed by atoms with Crippen molar-refractivity contribution in [3.8, 4) is 17.0 Å². The van der Waals surface area contributed by atoms with Gasteiger partial charge in [-0.05, 0) is 50.2 Å². The average molecular weight is 495 g/mol. The molecule has 1 saturated carbocycles. The van der Waals surface area contributed by atoms with Crippen LogP contribution in [-0.2, 0) is 13.2 Å². The Labute approximate surface area is 217 Å². The lowest BCUT2D eigenvalue weighted by molar-refractivity contribution is 0.295. The van der Waals surface area contributed by atoms with Gasteiger partial charge in [0.15, 0.2) is 0 Å². The highest BCUT2D eigenvalue weighted by Gasteiger charge is 2.20. The maximum atomic E-state index is 6.24. The molecule has 0 atom stereocenters. The smallest absolute Gasteiger partial charge is 0.242 e. The molecule has 7 nitrogen and oxygen atoms in total. The van der Waals surface area contributed by atoms with Crippen LogP contribution in [0.25, 0.3) is 33.2 Å². The van der Waals surface area contributed by atoms with Crippen LogP contribution in [0.4, 0.5) is 0 Å². The molecule has 0 saturated heterocycles. The number of ether oxygens (including phenoxy) is 1. The molecule has 0 bridgehead atoms. The van der Waals surface area contributed by atoms with Crippen molar-refractivity contribution in [1.29, 1.82) is 0 Å². The summed E-state index contributed by atoms with van der Waals surface area (Å²) in [6, 6.07) is 17.4. The molecule has 1 aliphatic rings. The van der Waals surface area contributed by atoms with Crippen molar-refractivity contribution in [3.05, 3.63) is 72.9 Å². The molecule has 0 radical (unpaired) electrons. The summed E-state index contributed by atoms with van der Waals surface area (Å²) in [7, 11) is 4.18. The molecule has 0 amide bonds. The van der Waals surface area contributed by atoms with Crippen molar-refractivity contribution >= 4 is 22.1 Å². The fraction of sp³-hybridized carbons (Fsp3) is 0.367. The van der Waals surface area contributed by atoms with Crippen molar-refractivity contribution in [2.45, 2.75) is 51.3 Å². The second-order valence-electron chi connectivity index (χ2n) is 10.3. The van der Waals surface area contributed by atoms with Gasteiger partial charge >= 0.3 is 0 Å². The lowest BCUT2D eigenvalue weighted by Gasteiger charge is -2.23. The first-order valence-corrected chi connectivity index (χ1v) is 13.3. The van der Waals surface area contributed by atoms with Crippen molar-refractivity contribution in [3.63, 3.8) is 0 Å². The van der Waals surface area contributed by atoms with Crippen LogP contribution >= 0.6 is 0 Å². The summed E-state index contributed by atoms with van der Waals surface area (Å²) < 4.78 is 10.9. The third-order valence-corrected chi connectivity index (χ3v) is 7.48. The van der Waals surface area contributed by atoms with Crippen LogP contribution in [0, 0.1) is 0 Å². The number of likely N-dealkylation sites (N-methyl/N-ethyl adjacent to an activating group) is 1. The maximum absolute atomic E-state index is 6.24. The van der Waals surface area contributed by atoms with E-state index in [1.165, 1.54) is 37.6 Å². The standard InChI is InChI=1S/C30H34N6O/c1-34(2)15-16-35-18-25(28-29(35)30(32-20-31-28)37-19-22-9-5-3-6-10-22)23-13-14-27-26(17-23)33-21-36(27)24-11-7-4-8-12-24/h3,5-6,9-10,13-14,17-18,20-21,24H,4,7-8,11-12,15-16,19H2,1-2H3. The molecule has 7 heteroatoms. The molecule has 0 N–H and O–H groups in total. The molecule has 190 valence electrons. The molecular weight excluding hydrogens is 460 g/mol. The van der Waals surface area contributed by atoms with Gasteiger partial charge in [0.1, 0.15) is 24.0 Å². The van der Waals surface area contributed by atoms with E-state index < -0.39 is 0 Å². The highest BCUT2D eigenvalue weighted by Crippen LogP contribution is 2.36. The number of hydrogen-bond donors (Lipinski definition) is 0. The summed E-state index contributed by atoms with van der Waals surface area (Å²) in [5.41, 5.74) is 7.39. The van der Waals surface area contributed by atoms with Gasteiger partial charge in [-0.25, -0.2) is 9.97 Å². The van der Waals surface area contributed by atoms with E-state index >= 15 is 0 Å². The van der Waals surface area contributed by atoms with Gasteiger partial charge in [-0.3, -0.25) is 0 Å². The molecule has 5 aromatic rings. The van der Waals surface area contributed by atoms with Crippen molar-refractivity contribution in [2.24, 2.45) is 0 Å². The molecule has 1 fully saturated rings. The van der Waals surface area contributed by atoms with E-state index in [-0.39, 0.29) is 0 Å². The van der Waals surface area contributed by atoms with E-state index in [0.29, 0.717) is 18.5 Å². The highest BCUT2D eigenvalue weighted by molar-refractivity contribution is 5.97. The van der Waals surface area contributed by atoms with E-state index in [0.717, 1.165) is 46.3 Å². The summed E-state index contributed by atoms with van der Waals surface area (Å²) in [6.45, 7) is 2.18. The van der Waals surface area contributed by atoms with Gasteiger partial charge in [-0.15, -0.1) is 0 Å². The molecule has 6 rings (SSSR count). The number of benzene rings is 2. The van der Waals surface area contributed by atoms with Crippen molar-refractivity contribution in [2.75, 3.05) is 20.6 Å². The van der Waals surface area contributed by atoms with Gasteiger partial charge in [0.2, 0.25) is 5.88 Å². The van der Waals surface area contributed by atoms with Gasteiger partial charge in [0, 0.05) is 30.9 Å². The second kappa shape index (κ2) is 10.3. The molecule has 3 aromatic heterocycles. The van der Waals surface area contributed by atoms with E-state index in [1.807, 2.05) is 24.5 Å². The lowest BCUT2D eigenvalue weighted by Crippen LogP contribution is -2.18. The minimum atomic E-state index is 0.464. The minimum Gasteiger partial charge on any atom is -0.471 e. The van der Waals surface area contributed by atoms with E-state index in [1.54, 1.807) is 6.33 Å². The molecular formula is C30H34N6O. The first-order valence-electron chi connectivity index (χ1n) is 13.3. The molecule has 1 aliphatic carbocycles. The van der Waals surface area contributed by atoms with Crippen LogP contribution < -0.4 is 4.74 Å². The zero-order valence-corrected chi connectivity index (χ0v) is 21.7. The quantitative estimate of drug-likeness (QED) is 0.261. The van der Waals surface area contributed by atoms with Gasteiger partial charge in [-0.2, -0.15) is 4.98 Å². The lowest BCUT2D eigenvalue weighted by atomic mass is 9.95. The maximum Gasteiger partial charge on any atom is 0.242 e. The number of hydrogen-bond acceptors (Lipinski definition) is 5. The van der Waals surface area contributed by atoms with Crippen molar-refractivity contribution in [1.82, 2.24) is 29.0 Å². The normalized spacial score (nSPS) is 14.7. The van der Waals surface area contributed by atoms with Gasteiger partial charge < -0.3 is 18.8 Å². The first kappa shape index (κ1) is 23.7. The van der Waals surface area contributed by atoms with Crippen LogP contribution in [0.5, 0.6) is 5.88 Å². The molecule has 0 spiro atoms. The van der Waals surface area contributed by atoms with E-state index in [2.05, 4.69) is 69.6 Å². The number of rotatable bonds is 8. The van der Waals surface area contributed by atoms with Gasteiger partial charge in [0.05, 0.1) is 17.4 Å². The van der Waals surface area contributed by atoms with Crippen LogP contribution in [0.15, 0.2) is 67.4 Å². The minimum absolute atomic E-state index is 0.464. The Morgan fingerprint density at radius 1 is 0.973 bits per heavy atom. The summed E-state index contributed by atoms with van der Waals surface area (Å²) >= 11 is 0. The van der Waals surface area contributed by atoms with E-state index in [4.69, 9.17) is 14.7 Å². The predicted octanol–water partition coefficient (Wildman–Crippen LogP) is 6.09. The Morgan fingerprint density at radius 2 is 1.81 bits per heavy atom. The topological polar surface area (TPSA) is 61.0 Å². The molecule has 2 aromatic carbocycles. The third kappa shape index (κ3) is 4.83. The zero-order valence-electron chi connectivity index (χ0n) is 21.7. The summed E-state index contributed by atoms with van der Waals surface area (Å²) in [6.07, 6.45) is 12.3. The summed E-state index contributed by atoms with van der Waals surface area (Å²) in [4.78, 5) is 16.3. The first-order chi connectivity index (χ1) is 18.2. The Bertz CT molecular complexity index is 1500. The average Bonchev–Trinajstić information content (AvgIpc) is 3.53. The SMILES string of the molecule is CN(C)CCn1cc(-c2ccc3c(c2)ncn3C2CCCCC2)c2ncnc(OCc3ccccc3)c21. The van der Waals surface area contributed by atoms with Crippen LogP contribution in [0.3, 0.4) is 0 Å². The van der Waals surface area contributed by atoms with Crippen molar-refractivity contribution < 1.29 is 4.74 Å². The van der Waals surface area contributed by atoms with Crippen LogP contribution in [0.2, 0.25) is 0 Å². The predicted molar refractivity (Wildman–Crippen MR) is 148 cm³/mol. The highest BCUT2D eigenvalue weighted by atomic mass is 16.5. The Morgan fingerprint density at radius 3 is 2.62 bits per heavy atom. The van der Waals surface area contributed by atoms with Gasteiger partial charge in [0.25, 0.3) is 0 Å². The van der Waals surface area contributed by atoms with Crippen LogP contribution in [-0.4, -0.2) is 49.6 Å². The molecule has 0 unspecified atom stereocenters. The third-order valence-electron chi connectivity index (χ3n) is 7.48. The molecule has 37 heavy (non-hydrogen) atoms. The fourth-order valence-corrected chi connectivity index (χ4v) is 5.48. The Hall–Kier alpha value is -3.71. The number of imidazole rings is 1. The number of aromatic nitrogens is 5. The van der Waals surface area contributed by atoms with Crippen LogP contribution in [0.1, 0.15) is 43.7 Å². The second-order valence-corrected chi connectivity index (χ2v) is 10.3. The fourth-order valence-electron chi connectivity index (χ4n) is 5.48. The summed E-state index contributed by atoms with van der Waals surface area (Å²) in [5.74, 6) is 0.613. The van der Waals surface area contributed by atoms with E-state index in [9.17, 15) is 0 Å². The monoisotopic (exact) mass is 494 g/mol. The summed E-state index contributed by atoms with van der Waals surface area (Å²) in [5, 5.41) is 0. The number of nitrogens with zero attached hydrogens (tertiary/aromatic N) is 6. The molecule has 0 aliphatic heterocycles. The Kier molecular flexibility index (Phi) is 6.62. The Balaban J connectivity index is 1.39. The van der Waals surface area contributed by atoms with Gasteiger partial charge in [-0.1, -0.05) is 55.7 Å². The zero-order chi connectivity index (χ0) is 25.2. The largest absolute Gasteiger partial charge is 0.471 e. The molecule has 3 heterocycles. The number of fused-ring (bicyclic) bond motifs is 2.